The van der Waals surface area contributed by atoms with Crippen LogP contribution in [-0.4, -0.2) is 31.5 Å². The van der Waals surface area contributed by atoms with Crippen molar-refractivity contribution in [3.63, 3.8) is 0 Å². The molecule has 0 saturated carbocycles. The lowest BCUT2D eigenvalue weighted by molar-refractivity contribution is 0.344. The molecule has 0 radical (unpaired) electrons. The number of thioether (sulfide) groups is 1. The number of fused-ring (bicyclic) bond motifs is 3. The number of hydrogen-bond acceptors (Lipinski definition) is 6. The minimum absolute atomic E-state index is 0.110. The zero-order chi connectivity index (χ0) is 20.2. The third kappa shape index (κ3) is 3.60. The summed E-state index contributed by atoms with van der Waals surface area (Å²) in [6.07, 6.45) is 1.67. The Morgan fingerprint density at radius 3 is 2.72 bits per heavy atom. The predicted molar refractivity (Wildman–Crippen MR) is 112 cm³/mol. The Kier molecular flexibility index (Phi) is 5.31. The van der Waals surface area contributed by atoms with Gasteiger partial charge in [-0.05, 0) is 36.4 Å². The molecule has 4 aromatic rings. The highest BCUT2D eigenvalue weighted by atomic mass is 32.2. The molecular formula is C21H17N5O2S. The van der Waals surface area contributed by atoms with Gasteiger partial charge in [0.25, 0.3) is 5.56 Å². The van der Waals surface area contributed by atoms with Crippen LogP contribution in [0.4, 0.5) is 0 Å². The van der Waals surface area contributed by atoms with Gasteiger partial charge in [0.05, 0.1) is 29.1 Å². The van der Waals surface area contributed by atoms with Crippen LogP contribution in [-0.2, 0) is 6.54 Å². The van der Waals surface area contributed by atoms with Gasteiger partial charge in [-0.3, -0.25) is 13.8 Å². The number of nitrogens with zero attached hydrogens (tertiary/aromatic N) is 5. The summed E-state index contributed by atoms with van der Waals surface area (Å²) < 4.78 is 9.19. The van der Waals surface area contributed by atoms with Gasteiger partial charge in [0.15, 0.2) is 5.16 Å². The standard InChI is InChI=1S/C21H17N5O2S/c1-2-11-25-19(27)17-5-3-4-6-18(17)26-20(25)23-24-21(26)29-13-12-28-16-9-7-15(14-22)8-10-16/h2-10H,1,11-13H2. The van der Waals surface area contributed by atoms with E-state index < -0.39 is 0 Å². The molecule has 4 rings (SSSR count). The molecule has 0 fully saturated rings. The summed E-state index contributed by atoms with van der Waals surface area (Å²) in [6.45, 7) is 4.56. The zero-order valence-electron chi connectivity index (χ0n) is 15.5. The predicted octanol–water partition coefficient (Wildman–Crippen LogP) is 3.27. The van der Waals surface area contributed by atoms with Crippen molar-refractivity contribution < 1.29 is 4.74 Å². The molecule has 8 heteroatoms. The molecule has 0 amide bonds. The van der Waals surface area contributed by atoms with Crippen LogP contribution in [0.3, 0.4) is 0 Å². The van der Waals surface area contributed by atoms with Crippen molar-refractivity contribution in [2.75, 3.05) is 12.4 Å². The van der Waals surface area contributed by atoms with Crippen molar-refractivity contribution in [1.29, 1.82) is 5.26 Å². The number of nitriles is 1. The summed E-state index contributed by atoms with van der Waals surface area (Å²) in [5, 5.41) is 18.7. The molecule has 7 nitrogen and oxygen atoms in total. The summed E-state index contributed by atoms with van der Waals surface area (Å²) >= 11 is 1.50. The van der Waals surface area contributed by atoms with Gasteiger partial charge in [0, 0.05) is 12.3 Å². The Morgan fingerprint density at radius 1 is 1.17 bits per heavy atom. The molecule has 2 aromatic heterocycles. The number of aromatic nitrogens is 4. The highest BCUT2D eigenvalue weighted by Crippen LogP contribution is 2.22. The lowest BCUT2D eigenvalue weighted by Crippen LogP contribution is -2.22. The second-order valence-corrected chi connectivity index (χ2v) is 7.23. The average molecular weight is 403 g/mol. The molecule has 0 bridgehead atoms. The molecule has 2 aromatic carbocycles. The largest absolute Gasteiger partial charge is 0.493 e. The summed E-state index contributed by atoms with van der Waals surface area (Å²) in [6, 6.07) is 16.5. The monoisotopic (exact) mass is 403 g/mol. The number of hydrogen-bond donors (Lipinski definition) is 0. The minimum Gasteiger partial charge on any atom is -0.493 e. The van der Waals surface area contributed by atoms with E-state index in [-0.39, 0.29) is 5.56 Å². The van der Waals surface area contributed by atoms with E-state index in [0.29, 0.717) is 46.5 Å². The van der Waals surface area contributed by atoms with Crippen molar-refractivity contribution in [2.24, 2.45) is 0 Å². The Labute approximate surface area is 170 Å². The molecule has 29 heavy (non-hydrogen) atoms. The fourth-order valence-electron chi connectivity index (χ4n) is 3.04. The summed E-state index contributed by atoms with van der Waals surface area (Å²) in [7, 11) is 0. The smallest absolute Gasteiger partial charge is 0.263 e. The van der Waals surface area contributed by atoms with Crippen LogP contribution in [0.5, 0.6) is 5.75 Å². The van der Waals surface area contributed by atoms with Crippen LogP contribution in [0.15, 0.2) is 71.1 Å². The second-order valence-electron chi connectivity index (χ2n) is 6.17. The van der Waals surface area contributed by atoms with E-state index in [0.717, 1.165) is 5.52 Å². The van der Waals surface area contributed by atoms with Crippen LogP contribution < -0.4 is 10.3 Å². The third-order valence-electron chi connectivity index (χ3n) is 4.36. The van der Waals surface area contributed by atoms with E-state index in [1.54, 1.807) is 41.0 Å². The van der Waals surface area contributed by atoms with Crippen molar-refractivity contribution >= 4 is 28.4 Å². The molecular weight excluding hydrogens is 386 g/mol. The fourth-order valence-corrected chi connectivity index (χ4v) is 3.80. The molecule has 0 N–H and O–H groups in total. The van der Waals surface area contributed by atoms with Gasteiger partial charge in [-0.25, -0.2) is 0 Å². The molecule has 0 spiro atoms. The SMILES string of the molecule is C=CCn1c(=O)c2ccccc2n2c(SCCOc3ccc(C#N)cc3)nnc12. The van der Waals surface area contributed by atoms with Crippen LogP contribution in [0.2, 0.25) is 0 Å². The first-order valence-electron chi connectivity index (χ1n) is 8.96. The highest BCUT2D eigenvalue weighted by molar-refractivity contribution is 7.99. The normalized spacial score (nSPS) is 10.9. The third-order valence-corrected chi connectivity index (χ3v) is 5.25. The first kappa shape index (κ1) is 18.8. The Hall–Kier alpha value is -3.57. The molecule has 144 valence electrons. The van der Waals surface area contributed by atoms with E-state index in [9.17, 15) is 4.79 Å². The maximum atomic E-state index is 12.8. The first-order valence-corrected chi connectivity index (χ1v) is 9.95. The average Bonchev–Trinajstić information content (AvgIpc) is 3.18. The van der Waals surface area contributed by atoms with Crippen molar-refractivity contribution in [3.05, 3.63) is 77.1 Å². The fraction of sp³-hybridized carbons (Fsp3) is 0.143. The van der Waals surface area contributed by atoms with Gasteiger partial charge in [0.2, 0.25) is 5.78 Å². The summed E-state index contributed by atoms with van der Waals surface area (Å²) in [4.78, 5) is 12.8. The Morgan fingerprint density at radius 2 is 1.97 bits per heavy atom. The summed E-state index contributed by atoms with van der Waals surface area (Å²) in [5.41, 5.74) is 1.26. The maximum absolute atomic E-state index is 12.8. The van der Waals surface area contributed by atoms with Gasteiger partial charge >= 0.3 is 0 Å². The Balaban J connectivity index is 1.58. The number of benzene rings is 2. The van der Waals surface area contributed by atoms with Crippen molar-refractivity contribution in [1.82, 2.24) is 19.2 Å². The Bertz CT molecular complexity index is 1280. The molecule has 0 atom stereocenters. The second kappa shape index (κ2) is 8.20. The highest BCUT2D eigenvalue weighted by Gasteiger charge is 2.16. The molecule has 0 aliphatic rings. The van der Waals surface area contributed by atoms with Gasteiger partial charge in [-0.15, -0.1) is 16.8 Å². The van der Waals surface area contributed by atoms with Gasteiger partial charge < -0.3 is 4.74 Å². The van der Waals surface area contributed by atoms with E-state index in [4.69, 9.17) is 10.00 Å². The lowest BCUT2D eigenvalue weighted by Gasteiger charge is -2.10. The minimum atomic E-state index is -0.110. The maximum Gasteiger partial charge on any atom is 0.263 e. The van der Waals surface area contributed by atoms with E-state index in [1.165, 1.54) is 11.8 Å². The molecule has 0 aliphatic heterocycles. The van der Waals surface area contributed by atoms with Gasteiger partial charge in [0.1, 0.15) is 5.75 Å². The van der Waals surface area contributed by atoms with Crippen LogP contribution in [0.1, 0.15) is 5.56 Å². The van der Waals surface area contributed by atoms with Crippen LogP contribution in [0, 0.1) is 11.3 Å². The van der Waals surface area contributed by atoms with Gasteiger partial charge in [-0.2, -0.15) is 5.26 Å². The molecule has 2 heterocycles. The number of allylic oxidation sites excluding steroid dienone is 1. The van der Waals surface area contributed by atoms with E-state index in [1.807, 2.05) is 22.6 Å². The molecule has 0 saturated heterocycles. The lowest BCUT2D eigenvalue weighted by atomic mass is 10.2. The quantitative estimate of drug-likeness (QED) is 0.267. The van der Waals surface area contributed by atoms with E-state index >= 15 is 0 Å². The van der Waals surface area contributed by atoms with Crippen LogP contribution >= 0.6 is 11.8 Å². The number of para-hydroxylation sites is 1. The van der Waals surface area contributed by atoms with E-state index in [2.05, 4.69) is 22.8 Å². The zero-order valence-corrected chi connectivity index (χ0v) is 16.3. The molecule has 0 aliphatic carbocycles. The molecule has 0 unspecified atom stereocenters. The number of rotatable bonds is 7. The number of ether oxygens (including phenoxy) is 1. The topological polar surface area (TPSA) is 85.2 Å². The van der Waals surface area contributed by atoms with Crippen molar-refractivity contribution in [2.45, 2.75) is 11.7 Å². The first-order chi connectivity index (χ1) is 14.2. The van der Waals surface area contributed by atoms with Gasteiger partial charge in [-0.1, -0.05) is 30.0 Å². The summed E-state index contributed by atoms with van der Waals surface area (Å²) in [5.74, 6) is 1.85. The van der Waals surface area contributed by atoms with Crippen molar-refractivity contribution in [3.8, 4) is 11.8 Å². The van der Waals surface area contributed by atoms with Crippen LogP contribution in [0.25, 0.3) is 16.7 Å².